The second-order valence-corrected chi connectivity index (χ2v) is 8.65. The molecule has 4 aromatic carbocycles. The molecule has 1 aromatic heterocycles. The van der Waals surface area contributed by atoms with Crippen LogP contribution in [0.15, 0.2) is 85.1 Å². The molecule has 0 aliphatic heterocycles. The van der Waals surface area contributed by atoms with Crippen LogP contribution >= 0.6 is 0 Å². The fraction of sp³-hybridized carbons (Fsp3) is 0.167. The first-order valence-corrected chi connectivity index (χ1v) is 11.1. The smallest absolute Gasteiger partial charge is 0.0705 e. The third-order valence-electron chi connectivity index (χ3n) is 7.05. The van der Waals surface area contributed by atoms with Gasteiger partial charge in [-0.05, 0) is 75.5 Å². The molecule has 1 heterocycles. The van der Waals surface area contributed by atoms with Crippen molar-refractivity contribution in [2.24, 2.45) is 5.92 Å². The number of aromatic nitrogens is 1. The maximum Gasteiger partial charge on any atom is 0.0705 e. The summed E-state index contributed by atoms with van der Waals surface area (Å²) >= 11 is 0. The highest BCUT2D eigenvalue weighted by molar-refractivity contribution is 6.08. The Morgan fingerprint density at radius 3 is 2.52 bits per heavy atom. The van der Waals surface area contributed by atoms with Crippen LogP contribution in [0.4, 0.5) is 0 Å². The van der Waals surface area contributed by atoms with E-state index in [2.05, 4.69) is 83.7 Å². The predicted molar refractivity (Wildman–Crippen MR) is 130 cm³/mol. The van der Waals surface area contributed by atoms with E-state index in [9.17, 15) is 0 Å². The SMILES string of the molecule is C#CC(c1ccnc2ccccc12)C1CCc2c(ccc3c2ccc2ccccc23)C1. The number of terminal acetylenes is 1. The molecule has 0 saturated heterocycles. The van der Waals surface area contributed by atoms with Crippen LogP contribution in [0, 0.1) is 18.3 Å². The standard InChI is InChI=1S/C30H23N/c1-2-23(28-17-18-31-30-10-6-5-9-29(28)30)21-12-14-25-22(19-21)13-16-26-24-8-4-3-7-20(24)11-15-27(25)26/h1,3-11,13,15-18,21,23H,12,14,19H2. The van der Waals surface area contributed by atoms with E-state index in [-0.39, 0.29) is 5.92 Å². The number of pyridine rings is 1. The zero-order valence-corrected chi connectivity index (χ0v) is 17.4. The van der Waals surface area contributed by atoms with Gasteiger partial charge in [-0.1, -0.05) is 72.7 Å². The number of para-hydroxylation sites is 1. The molecule has 6 rings (SSSR count). The molecule has 0 bridgehead atoms. The van der Waals surface area contributed by atoms with Crippen molar-refractivity contribution in [1.82, 2.24) is 4.98 Å². The van der Waals surface area contributed by atoms with Crippen molar-refractivity contribution in [3.05, 3.63) is 102 Å². The lowest BCUT2D eigenvalue weighted by molar-refractivity contribution is 0.429. The van der Waals surface area contributed by atoms with Crippen molar-refractivity contribution in [2.75, 3.05) is 0 Å². The highest BCUT2D eigenvalue weighted by Crippen LogP contribution is 2.40. The van der Waals surface area contributed by atoms with Crippen LogP contribution in [0.5, 0.6) is 0 Å². The van der Waals surface area contributed by atoms with E-state index in [0.29, 0.717) is 5.92 Å². The average Bonchev–Trinajstić information content (AvgIpc) is 2.84. The maximum atomic E-state index is 6.13. The normalized spacial score (nSPS) is 16.8. The van der Waals surface area contributed by atoms with Crippen LogP contribution in [0.25, 0.3) is 32.4 Å². The summed E-state index contributed by atoms with van der Waals surface area (Å²) in [5.41, 5.74) is 5.23. The van der Waals surface area contributed by atoms with Gasteiger partial charge in [-0.3, -0.25) is 4.98 Å². The van der Waals surface area contributed by atoms with Crippen LogP contribution in [-0.2, 0) is 12.8 Å². The van der Waals surface area contributed by atoms with Gasteiger partial charge in [0.25, 0.3) is 0 Å². The van der Waals surface area contributed by atoms with E-state index < -0.39 is 0 Å². The molecule has 1 heteroatoms. The van der Waals surface area contributed by atoms with Crippen molar-refractivity contribution in [3.63, 3.8) is 0 Å². The summed E-state index contributed by atoms with van der Waals surface area (Å²) in [6, 6.07) is 28.4. The minimum absolute atomic E-state index is 0.105. The van der Waals surface area contributed by atoms with Crippen LogP contribution in [0.2, 0.25) is 0 Å². The van der Waals surface area contributed by atoms with Gasteiger partial charge in [-0.25, -0.2) is 0 Å². The largest absolute Gasteiger partial charge is 0.256 e. The van der Waals surface area contributed by atoms with E-state index in [4.69, 9.17) is 6.42 Å². The topological polar surface area (TPSA) is 12.9 Å². The third-order valence-corrected chi connectivity index (χ3v) is 7.05. The lowest BCUT2D eigenvalue weighted by atomic mass is 9.73. The molecule has 1 nitrogen and oxygen atoms in total. The summed E-state index contributed by atoms with van der Waals surface area (Å²) in [6.45, 7) is 0. The predicted octanol–water partition coefficient (Wildman–Crippen LogP) is 7.06. The van der Waals surface area contributed by atoms with Crippen LogP contribution in [0.3, 0.4) is 0 Å². The first kappa shape index (κ1) is 18.2. The Morgan fingerprint density at radius 1 is 0.806 bits per heavy atom. The van der Waals surface area contributed by atoms with E-state index in [0.717, 1.165) is 24.8 Å². The van der Waals surface area contributed by atoms with Crippen molar-refractivity contribution >= 4 is 32.4 Å². The Kier molecular flexibility index (Phi) is 4.25. The minimum Gasteiger partial charge on any atom is -0.256 e. The van der Waals surface area contributed by atoms with Gasteiger partial charge in [-0.2, -0.15) is 0 Å². The van der Waals surface area contributed by atoms with E-state index in [1.807, 2.05) is 12.3 Å². The fourth-order valence-electron chi connectivity index (χ4n) is 5.55. The van der Waals surface area contributed by atoms with E-state index in [1.165, 1.54) is 43.6 Å². The number of nitrogens with zero attached hydrogens (tertiary/aromatic N) is 1. The number of aryl methyl sites for hydroxylation is 1. The molecule has 0 radical (unpaired) electrons. The highest BCUT2D eigenvalue weighted by atomic mass is 14.6. The summed E-state index contributed by atoms with van der Waals surface area (Å²) in [5, 5.41) is 6.60. The number of benzene rings is 4. The van der Waals surface area contributed by atoms with Gasteiger partial charge in [0.15, 0.2) is 0 Å². The zero-order chi connectivity index (χ0) is 20.8. The third kappa shape index (κ3) is 2.91. The van der Waals surface area contributed by atoms with E-state index in [1.54, 1.807) is 0 Å². The number of rotatable bonds is 2. The second-order valence-electron chi connectivity index (χ2n) is 8.65. The fourth-order valence-corrected chi connectivity index (χ4v) is 5.55. The Bertz CT molecular complexity index is 1480. The Hall–Kier alpha value is -3.63. The monoisotopic (exact) mass is 397 g/mol. The maximum absolute atomic E-state index is 6.13. The van der Waals surface area contributed by atoms with Gasteiger partial charge < -0.3 is 0 Å². The summed E-state index contributed by atoms with van der Waals surface area (Å²) < 4.78 is 0. The average molecular weight is 398 g/mol. The molecular weight excluding hydrogens is 374 g/mol. The molecule has 0 N–H and O–H groups in total. The van der Waals surface area contributed by atoms with Gasteiger partial charge in [0.1, 0.15) is 0 Å². The molecule has 0 fully saturated rings. The number of hydrogen-bond donors (Lipinski definition) is 0. The van der Waals surface area contributed by atoms with E-state index >= 15 is 0 Å². The van der Waals surface area contributed by atoms with Gasteiger partial charge >= 0.3 is 0 Å². The molecule has 1 aliphatic rings. The van der Waals surface area contributed by atoms with Gasteiger partial charge in [-0.15, -0.1) is 6.42 Å². The van der Waals surface area contributed by atoms with Crippen LogP contribution < -0.4 is 0 Å². The van der Waals surface area contributed by atoms with Crippen molar-refractivity contribution in [2.45, 2.75) is 25.2 Å². The quantitative estimate of drug-likeness (QED) is 0.229. The van der Waals surface area contributed by atoms with Crippen LogP contribution in [-0.4, -0.2) is 4.98 Å². The molecule has 1 aliphatic carbocycles. The molecule has 2 atom stereocenters. The molecule has 31 heavy (non-hydrogen) atoms. The minimum atomic E-state index is 0.105. The molecule has 0 saturated carbocycles. The number of fused-ring (bicyclic) bond motifs is 6. The summed E-state index contributed by atoms with van der Waals surface area (Å²) in [6.07, 6.45) is 11.3. The van der Waals surface area contributed by atoms with Crippen molar-refractivity contribution in [1.29, 1.82) is 0 Å². The summed E-state index contributed by atoms with van der Waals surface area (Å²) in [4.78, 5) is 4.53. The molecule has 2 unspecified atom stereocenters. The second kappa shape index (κ2) is 7.25. The Morgan fingerprint density at radius 2 is 1.61 bits per heavy atom. The molecule has 0 spiro atoms. The molecule has 5 aromatic rings. The molecular formula is C30H23N. The molecule has 148 valence electrons. The van der Waals surface area contributed by atoms with Gasteiger partial charge in [0, 0.05) is 17.5 Å². The Labute approximate surface area is 182 Å². The number of hydrogen-bond acceptors (Lipinski definition) is 1. The van der Waals surface area contributed by atoms with Gasteiger partial charge in [0.2, 0.25) is 0 Å². The first-order valence-electron chi connectivity index (χ1n) is 11.1. The zero-order valence-electron chi connectivity index (χ0n) is 17.4. The van der Waals surface area contributed by atoms with Crippen molar-refractivity contribution in [3.8, 4) is 12.3 Å². The first-order chi connectivity index (χ1) is 15.3. The summed E-state index contributed by atoms with van der Waals surface area (Å²) in [5.74, 6) is 3.70. The van der Waals surface area contributed by atoms with Gasteiger partial charge in [0.05, 0.1) is 5.52 Å². The lowest BCUT2D eigenvalue weighted by Gasteiger charge is -2.30. The summed E-state index contributed by atoms with van der Waals surface area (Å²) in [7, 11) is 0. The molecule has 0 amide bonds. The Balaban J connectivity index is 1.42. The lowest BCUT2D eigenvalue weighted by Crippen LogP contribution is -2.21. The van der Waals surface area contributed by atoms with Crippen LogP contribution in [0.1, 0.15) is 29.0 Å². The highest BCUT2D eigenvalue weighted by Gasteiger charge is 2.28. The van der Waals surface area contributed by atoms with Crippen molar-refractivity contribution < 1.29 is 0 Å².